The van der Waals surface area contributed by atoms with Crippen LogP contribution >= 0.6 is 11.6 Å². The molecule has 0 fully saturated rings. The molecule has 142 valence electrons. The molecule has 1 aliphatic heterocycles. The molecule has 0 bridgehead atoms. The Hall–Kier alpha value is -2.84. The molecule has 2 atom stereocenters. The predicted octanol–water partition coefficient (Wildman–Crippen LogP) is 2.63. The summed E-state index contributed by atoms with van der Waals surface area (Å²) in [6, 6.07) is 4.81. The number of ether oxygens (including phenoxy) is 1. The normalized spacial score (nSPS) is 18.9. The lowest BCUT2D eigenvalue weighted by molar-refractivity contribution is -0.123. The smallest absolute Gasteiger partial charge is 0.312 e. The van der Waals surface area contributed by atoms with Crippen molar-refractivity contribution in [3.63, 3.8) is 0 Å². The van der Waals surface area contributed by atoms with Gasteiger partial charge in [0, 0.05) is 18.7 Å². The van der Waals surface area contributed by atoms with Gasteiger partial charge in [-0.15, -0.1) is 0 Å². The first kappa shape index (κ1) is 18.9. The summed E-state index contributed by atoms with van der Waals surface area (Å²) in [5, 5.41) is 13.0. The van der Waals surface area contributed by atoms with Crippen molar-refractivity contribution >= 4 is 29.2 Å². The van der Waals surface area contributed by atoms with E-state index in [1.54, 1.807) is 19.1 Å². The summed E-state index contributed by atoms with van der Waals surface area (Å²) in [6.45, 7) is 1.74. The number of benzene rings is 2. The SMILES string of the molecule is Cc1ccc2c(c1Oc1cc(F)ccc1Cl)N(C)C(=O)[C@H](NC(N)=O)[C@H]2O. The number of fused-ring (bicyclic) bond motifs is 1. The van der Waals surface area contributed by atoms with Crippen LogP contribution in [0.3, 0.4) is 0 Å². The third-order valence-corrected chi connectivity index (χ3v) is 4.64. The summed E-state index contributed by atoms with van der Waals surface area (Å²) < 4.78 is 19.4. The van der Waals surface area contributed by atoms with Crippen molar-refractivity contribution in [2.75, 3.05) is 11.9 Å². The number of rotatable bonds is 3. The topological polar surface area (TPSA) is 105 Å². The Morgan fingerprint density at radius 2 is 2.07 bits per heavy atom. The Labute approximate surface area is 159 Å². The highest BCUT2D eigenvalue weighted by Gasteiger charge is 2.41. The Morgan fingerprint density at radius 1 is 1.37 bits per heavy atom. The van der Waals surface area contributed by atoms with Crippen molar-refractivity contribution in [2.45, 2.75) is 19.1 Å². The minimum Gasteiger partial charge on any atom is -0.453 e. The average Bonchev–Trinajstić information content (AvgIpc) is 2.61. The van der Waals surface area contributed by atoms with E-state index in [4.69, 9.17) is 22.1 Å². The van der Waals surface area contributed by atoms with E-state index in [0.717, 1.165) is 6.07 Å². The molecule has 9 heteroatoms. The first-order chi connectivity index (χ1) is 12.7. The minimum atomic E-state index is -1.33. The molecule has 2 aromatic carbocycles. The lowest BCUT2D eigenvalue weighted by atomic mass is 9.92. The van der Waals surface area contributed by atoms with E-state index in [1.165, 1.54) is 24.1 Å². The van der Waals surface area contributed by atoms with E-state index in [1.807, 2.05) is 0 Å². The Balaban J connectivity index is 2.11. The molecule has 3 rings (SSSR count). The van der Waals surface area contributed by atoms with Crippen LogP contribution in [0, 0.1) is 12.7 Å². The number of nitrogens with one attached hydrogen (secondary N) is 1. The molecule has 0 saturated carbocycles. The minimum absolute atomic E-state index is 0.0703. The second-order valence-electron chi connectivity index (χ2n) is 6.15. The van der Waals surface area contributed by atoms with Crippen LogP contribution in [0.25, 0.3) is 0 Å². The van der Waals surface area contributed by atoms with Crippen LogP contribution < -0.4 is 20.7 Å². The van der Waals surface area contributed by atoms with Crippen molar-refractivity contribution in [3.05, 3.63) is 52.3 Å². The van der Waals surface area contributed by atoms with Crippen molar-refractivity contribution in [3.8, 4) is 11.5 Å². The highest BCUT2D eigenvalue weighted by Crippen LogP contribution is 2.45. The molecule has 0 aliphatic carbocycles. The molecule has 0 radical (unpaired) electrons. The quantitative estimate of drug-likeness (QED) is 0.745. The molecule has 7 nitrogen and oxygen atoms in total. The first-order valence-electron chi connectivity index (χ1n) is 7.98. The van der Waals surface area contributed by atoms with Crippen LogP contribution in [0.4, 0.5) is 14.9 Å². The summed E-state index contributed by atoms with van der Waals surface area (Å²) in [6.07, 6.45) is -1.33. The first-order valence-corrected chi connectivity index (χ1v) is 8.36. The number of amides is 3. The lowest BCUT2D eigenvalue weighted by Gasteiger charge is -2.36. The third-order valence-electron chi connectivity index (χ3n) is 4.33. The van der Waals surface area contributed by atoms with E-state index in [2.05, 4.69) is 5.32 Å². The number of halogens is 2. The molecule has 0 unspecified atom stereocenters. The number of hydrogen-bond acceptors (Lipinski definition) is 4. The van der Waals surface area contributed by atoms with Gasteiger partial charge in [0.05, 0.1) is 10.7 Å². The van der Waals surface area contributed by atoms with Crippen molar-refractivity contribution in [2.24, 2.45) is 5.73 Å². The number of aliphatic hydroxyl groups excluding tert-OH is 1. The molecule has 1 heterocycles. The fourth-order valence-corrected chi connectivity index (χ4v) is 3.15. The molecule has 0 aromatic heterocycles. The van der Waals surface area contributed by atoms with Crippen molar-refractivity contribution in [1.29, 1.82) is 0 Å². The van der Waals surface area contributed by atoms with Crippen LogP contribution in [-0.4, -0.2) is 30.1 Å². The predicted molar refractivity (Wildman–Crippen MR) is 97.5 cm³/mol. The molecule has 3 amide bonds. The zero-order valence-corrected chi connectivity index (χ0v) is 15.2. The third kappa shape index (κ3) is 3.41. The molecule has 2 aromatic rings. The number of likely N-dealkylation sites (N-methyl/N-ethyl adjacent to an activating group) is 1. The van der Waals surface area contributed by atoms with Gasteiger partial charge < -0.3 is 25.8 Å². The molecule has 0 spiro atoms. The summed E-state index contributed by atoms with van der Waals surface area (Å²) >= 11 is 6.07. The number of hydrogen-bond donors (Lipinski definition) is 3. The highest BCUT2D eigenvalue weighted by molar-refractivity contribution is 6.32. The number of aryl methyl sites for hydroxylation is 1. The van der Waals surface area contributed by atoms with E-state index in [9.17, 15) is 19.1 Å². The Morgan fingerprint density at radius 3 is 2.74 bits per heavy atom. The molecular weight excluding hydrogens is 377 g/mol. The largest absolute Gasteiger partial charge is 0.453 e. The van der Waals surface area contributed by atoms with Crippen molar-refractivity contribution in [1.82, 2.24) is 5.32 Å². The number of primary amides is 1. The monoisotopic (exact) mass is 393 g/mol. The number of nitrogens with two attached hydrogens (primary N) is 1. The van der Waals surface area contributed by atoms with Crippen LogP contribution in [-0.2, 0) is 4.79 Å². The van der Waals surface area contributed by atoms with Gasteiger partial charge in [0.2, 0.25) is 0 Å². The fourth-order valence-electron chi connectivity index (χ4n) is 2.99. The standard InChI is InChI=1S/C18H17ClFN3O4/c1-8-3-5-10-14(16(8)27-12-7-9(20)4-6-11(12)19)23(2)17(25)13(15(10)24)22-18(21)26/h3-7,13,15,24H,1-2H3,(H3,21,22,26)/t13-,15+/m1/s1. The van der Waals surface area contributed by atoms with Gasteiger partial charge in [-0.1, -0.05) is 23.7 Å². The van der Waals surface area contributed by atoms with Crippen molar-refractivity contribution < 1.29 is 23.8 Å². The van der Waals surface area contributed by atoms with Gasteiger partial charge >= 0.3 is 6.03 Å². The maximum Gasteiger partial charge on any atom is 0.312 e. The van der Waals surface area contributed by atoms with E-state index in [-0.39, 0.29) is 16.5 Å². The number of carbonyl (C=O) groups is 2. The summed E-state index contributed by atoms with van der Waals surface area (Å²) in [4.78, 5) is 25.0. The van der Waals surface area contributed by atoms with Gasteiger partial charge in [-0.3, -0.25) is 4.79 Å². The number of aliphatic hydroxyl groups is 1. The van der Waals surface area contributed by atoms with E-state index in [0.29, 0.717) is 16.8 Å². The summed E-state index contributed by atoms with van der Waals surface area (Å²) in [5.41, 5.74) is 6.39. The average molecular weight is 394 g/mol. The van der Waals surface area contributed by atoms with Crippen LogP contribution in [0.1, 0.15) is 17.2 Å². The summed E-state index contributed by atoms with van der Waals surface area (Å²) in [5.74, 6) is -0.796. The zero-order chi connectivity index (χ0) is 19.9. The van der Waals surface area contributed by atoms with E-state index < -0.39 is 29.9 Å². The maximum absolute atomic E-state index is 13.6. The van der Waals surface area contributed by atoms with Gasteiger partial charge in [0.1, 0.15) is 23.7 Å². The number of urea groups is 1. The molecular formula is C18H17ClFN3O4. The Bertz CT molecular complexity index is 937. The summed E-state index contributed by atoms with van der Waals surface area (Å²) in [7, 11) is 1.47. The van der Waals surface area contributed by atoms with Crippen LogP contribution in [0.15, 0.2) is 30.3 Å². The highest BCUT2D eigenvalue weighted by atomic mass is 35.5. The molecule has 1 aliphatic rings. The van der Waals surface area contributed by atoms with Gasteiger partial charge in [0.25, 0.3) is 5.91 Å². The number of nitrogens with zero attached hydrogens (tertiary/aromatic N) is 1. The van der Waals surface area contributed by atoms with Gasteiger partial charge in [-0.2, -0.15) is 0 Å². The molecule has 4 N–H and O–H groups in total. The van der Waals surface area contributed by atoms with Crippen LogP contribution in [0.5, 0.6) is 11.5 Å². The zero-order valence-electron chi connectivity index (χ0n) is 14.5. The van der Waals surface area contributed by atoms with Gasteiger partial charge in [-0.25, -0.2) is 9.18 Å². The second kappa shape index (κ2) is 7.05. The van der Waals surface area contributed by atoms with Crippen LogP contribution in [0.2, 0.25) is 5.02 Å². The molecule has 27 heavy (non-hydrogen) atoms. The maximum atomic E-state index is 13.6. The van der Waals surface area contributed by atoms with E-state index >= 15 is 0 Å². The number of carbonyl (C=O) groups excluding carboxylic acids is 2. The Kier molecular flexibility index (Phi) is 4.95. The fraction of sp³-hybridized carbons (Fsp3) is 0.222. The van der Waals surface area contributed by atoms with Gasteiger partial charge in [-0.05, 0) is 24.6 Å². The second-order valence-corrected chi connectivity index (χ2v) is 6.56. The van der Waals surface area contributed by atoms with Gasteiger partial charge in [0.15, 0.2) is 5.75 Å². The molecule has 0 saturated heterocycles. The number of anilines is 1. The lowest BCUT2D eigenvalue weighted by Crippen LogP contribution is -2.55.